The highest BCUT2D eigenvalue weighted by atomic mass is 32.1. The molecule has 0 saturated heterocycles. The van der Waals surface area contributed by atoms with Crippen molar-refractivity contribution in [1.29, 1.82) is 0 Å². The Bertz CT molecular complexity index is 617. The van der Waals surface area contributed by atoms with Crippen molar-refractivity contribution in [3.63, 3.8) is 0 Å². The average molecular weight is 272 g/mol. The van der Waals surface area contributed by atoms with Gasteiger partial charge in [-0.05, 0) is 54.4 Å². The summed E-state index contributed by atoms with van der Waals surface area (Å²) in [6, 6.07) is 4.18. The zero-order valence-corrected chi connectivity index (χ0v) is 11.4. The lowest BCUT2D eigenvalue weighted by atomic mass is 9.98. The Balaban J connectivity index is 1.58. The van der Waals surface area contributed by atoms with Crippen LogP contribution in [0.25, 0.3) is 10.4 Å². The number of nitrogen functional groups attached to an aromatic ring is 1. The Hall–Kier alpha value is -1.29. The van der Waals surface area contributed by atoms with Gasteiger partial charge in [0.05, 0.1) is 5.56 Å². The molecule has 2 bridgehead atoms. The van der Waals surface area contributed by atoms with Crippen LogP contribution in [0.1, 0.15) is 30.9 Å². The second-order valence-corrected chi connectivity index (χ2v) is 7.25. The molecule has 98 valence electrons. The van der Waals surface area contributed by atoms with Crippen LogP contribution in [0.2, 0.25) is 0 Å². The van der Waals surface area contributed by atoms with Gasteiger partial charge < -0.3 is 10.3 Å². The maximum atomic E-state index is 6.04. The average Bonchev–Trinajstić information content (AvgIpc) is 2.95. The molecule has 4 atom stereocenters. The number of rotatable bonds is 2. The number of nitrogens with zero attached hydrogens (tertiary/aromatic N) is 1. The first-order valence-corrected chi connectivity index (χ1v) is 8.01. The van der Waals surface area contributed by atoms with Gasteiger partial charge in [-0.3, -0.25) is 0 Å². The quantitative estimate of drug-likeness (QED) is 0.906. The van der Waals surface area contributed by atoms with Crippen LogP contribution in [-0.2, 0) is 0 Å². The molecule has 19 heavy (non-hydrogen) atoms. The fourth-order valence-corrected chi connectivity index (χ4v) is 5.67. The molecule has 0 amide bonds. The minimum Gasteiger partial charge on any atom is -0.380 e. The van der Waals surface area contributed by atoms with E-state index in [1.807, 2.05) is 0 Å². The topological polar surface area (TPSA) is 52.0 Å². The number of anilines is 1. The molecule has 4 heteroatoms. The van der Waals surface area contributed by atoms with Crippen LogP contribution in [0.15, 0.2) is 22.0 Å². The highest BCUT2D eigenvalue weighted by Crippen LogP contribution is 2.74. The van der Waals surface area contributed by atoms with Crippen molar-refractivity contribution < 1.29 is 4.52 Å². The SMILES string of the molecule is Nc1noc(C2C3C4CCC(C4)C23)c1-c1cccs1. The molecule has 2 aromatic heterocycles. The van der Waals surface area contributed by atoms with E-state index < -0.39 is 0 Å². The van der Waals surface area contributed by atoms with Gasteiger partial charge in [-0.2, -0.15) is 0 Å². The second kappa shape index (κ2) is 3.42. The van der Waals surface area contributed by atoms with E-state index in [9.17, 15) is 0 Å². The van der Waals surface area contributed by atoms with Crippen LogP contribution < -0.4 is 5.73 Å². The number of hydrogen-bond acceptors (Lipinski definition) is 4. The van der Waals surface area contributed by atoms with Gasteiger partial charge in [0.25, 0.3) is 0 Å². The predicted octanol–water partition coefficient (Wildman–Crippen LogP) is 3.74. The molecule has 3 aliphatic carbocycles. The third-order valence-corrected chi connectivity index (χ3v) is 6.44. The summed E-state index contributed by atoms with van der Waals surface area (Å²) in [5, 5.41) is 6.13. The van der Waals surface area contributed by atoms with Gasteiger partial charge in [0.1, 0.15) is 0 Å². The van der Waals surface area contributed by atoms with E-state index in [0.29, 0.717) is 11.7 Å². The van der Waals surface area contributed by atoms with Gasteiger partial charge in [0.15, 0.2) is 11.6 Å². The lowest BCUT2D eigenvalue weighted by molar-refractivity contribution is 0.365. The monoisotopic (exact) mass is 272 g/mol. The first-order chi connectivity index (χ1) is 9.34. The smallest absolute Gasteiger partial charge is 0.175 e. The van der Waals surface area contributed by atoms with Crippen LogP contribution in [0, 0.1) is 23.7 Å². The number of aromatic nitrogens is 1. The van der Waals surface area contributed by atoms with Crippen molar-refractivity contribution >= 4 is 17.2 Å². The van der Waals surface area contributed by atoms with Crippen LogP contribution >= 0.6 is 11.3 Å². The number of fused-ring (bicyclic) bond motifs is 5. The molecular formula is C15H16N2OS. The molecular weight excluding hydrogens is 256 g/mol. The summed E-state index contributed by atoms with van der Waals surface area (Å²) in [5.41, 5.74) is 7.11. The summed E-state index contributed by atoms with van der Waals surface area (Å²) in [7, 11) is 0. The Morgan fingerprint density at radius 3 is 2.74 bits per heavy atom. The van der Waals surface area contributed by atoms with E-state index >= 15 is 0 Å². The van der Waals surface area contributed by atoms with Crippen LogP contribution in [0.3, 0.4) is 0 Å². The van der Waals surface area contributed by atoms with Crippen molar-refractivity contribution in [3.8, 4) is 10.4 Å². The zero-order chi connectivity index (χ0) is 12.6. The van der Waals surface area contributed by atoms with Crippen molar-refractivity contribution in [2.24, 2.45) is 23.7 Å². The molecule has 2 heterocycles. The molecule has 5 rings (SSSR count). The fourth-order valence-electron chi connectivity index (χ4n) is 4.89. The van der Waals surface area contributed by atoms with Gasteiger partial charge in [0, 0.05) is 10.8 Å². The second-order valence-electron chi connectivity index (χ2n) is 6.30. The van der Waals surface area contributed by atoms with Crippen LogP contribution in [0.4, 0.5) is 5.82 Å². The molecule has 2 N–H and O–H groups in total. The third-order valence-electron chi connectivity index (χ3n) is 5.55. The van der Waals surface area contributed by atoms with Crippen molar-refractivity contribution in [2.45, 2.75) is 25.2 Å². The predicted molar refractivity (Wildman–Crippen MR) is 74.8 cm³/mol. The zero-order valence-electron chi connectivity index (χ0n) is 10.6. The molecule has 0 radical (unpaired) electrons. The Morgan fingerprint density at radius 2 is 2.05 bits per heavy atom. The van der Waals surface area contributed by atoms with Crippen LogP contribution in [-0.4, -0.2) is 5.16 Å². The maximum Gasteiger partial charge on any atom is 0.175 e. The lowest BCUT2D eigenvalue weighted by Crippen LogP contribution is -1.97. The summed E-state index contributed by atoms with van der Waals surface area (Å²) < 4.78 is 5.64. The number of thiophene rings is 1. The molecule has 0 spiro atoms. The van der Waals surface area contributed by atoms with E-state index in [1.165, 1.54) is 24.1 Å². The molecule has 3 saturated carbocycles. The first-order valence-electron chi connectivity index (χ1n) is 7.13. The van der Waals surface area contributed by atoms with Gasteiger partial charge in [-0.25, -0.2) is 0 Å². The van der Waals surface area contributed by atoms with E-state index in [2.05, 4.69) is 22.7 Å². The van der Waals surface area contributed by atoms with Gasteiger partial charge in [-0.1, -0.05) is 11.2 Å². The minimum atomic E-state index is 0.565. The largest absolute Gasteiger partial charge is 0.380 e. The molecule has 3 fully saturated rings. The number of hydrogen-bond donors (Lipinski definition) is 1. The van der Waals surface area contributed by atoms with Crippen LogP contribution in [0.5, 0.6) is 0 Å². The minimum absolute atomic E-state index is 0.565. The van der Waals surface area contributed by atoms with Crippen molar-refractivity contribution in [3.05, 3.63) is 23.3 Å². The summed E-state index contributed by atoms with van der Waals surface area (Å²) in [5.74, 6) is 5.87. The summed E-state index contributed by atoms with van der Waals surface area (Å²) >= 11 is 1.72. The van der Waals surface area contributed by atoms with Crippen molar-refractivity contribution in [1.82, 2.24) is 5.16 Å². The Kier molecular flexibility index (Phi) is 1.89. The van der Waals surface area contributed by atoms with Gasteiger partial charge in [-0.15, -0.1) is 11.3 Å². The summed E-state index contributed by atoms with van der Waals surface area (Å²) in [4.78, 5) is 1.20. The molecule has 3 nitrogen and oxygen atoms in total. The lowest BCUT2D eigenvalue weighted by Gasteiger charge is -2.07. The molecule has 3 aliphatic rings. The van der Waals surface area contributed by atoms with E-state index in [4.69, 9.17) is 10.3 Å². The molecule has 0 aliphatic heterocycles. The molecule has 4 unspecified atom stereocenters. The summed E-state index contributed by atoms with van der Waals surface area (Å²) in [6.07, 6.45) is 4.32. The highest BCUT2D eigenvalue weighted by molar-refractivity contribution is 7.13. The summed E-state index contributed by atoms with van der Waals surface area (Å²) in [6.45, 7) is 0. The highest BCUT2D eigenvalue weighted by Gasteiger charge is 2.67. The molecule has 0 aromatic carbocycles. The maximum absolute atomic E-state index is 6.04. The third kappa shape index (κ3) is 1.25. The Labute approximate surface area is 115 Å². The standard InChI is InChI=1S/C15H16N2OS/c16-15-12(9-2-1-5-19-9)14(18-17-15)13-10-7-3-4-8(6-7)11(10)13/h1-2,5,7-8,10-11,13H,3-4,6H2,(H2,16,17). The van der Waals surface area contributed by atoms with E-state index in [1.54, 1.807) is 11.3 Å². The first kappa shape index (κ1) is 10.5. The fraction of sp³-hybridized carbons (Fsp3) is 0.533. The van der Waals surface area contributed by atoms with E-state index in [0.717, 1.165) is 35.0 Å². The van der Waals surface area contributed by atoms with E-state index in [-0.39, 0.29) is 0 Å². The number of nitrogens with two attached hydrogens (primary N) is 1. The Morgan fingerprint density at radius 1 is 1.26 bits per heavy atom. The van der Waals surface area contributed by atoms with Gasteiger partial charge in [0.2, 0.25) is 0 Å². The molecule has 2 aromatic rings. The normalized spacial score (nSPS) is 38.6. The van der Waals surface area contributed by atoms with Gasteiger partial charge >= 0.3 is 0 Å². The van der Waals surface area contributed by atoms with Crippen molar-refractivity contribution in [2.75, 3.05) is 5.73 Å².